The standard InChI is InChI=1S/C17H24BrFN2.ClH/c18-16-12-14(19)6-7-15(16)17(13-4-2-1-3-5-13)21-10-8-20-9-11-21;/h6-7,12-13,17,20H,1-5,8-11H2;1H/t17-;/m0./s1. The zero-order chi connectivity index (χ0) is 14.7. The summed E-state index contributed by atoms with van der Waals surface area (Å²) in [5.74, 6) is 0.548. The second-order valence-corrected chi connectivity index (χ2v) is 7.15. The number of rotatable bonds is 3. The maximum Gasteiger partial charge on any atom is 0.124 e. The zero-order valence-electron chi connectivity index (χ0n) is 12.9. The van der Waals surface area contributed by atoms with Crippen molar-refractivity contribution in [2.24, 2.45) is 5.92 Å². The Labute approximate surface area is 147 Å². The van der Waals surface area contributed by atoms with Crippen molar-refractivity contribution in [3.63, 3.8) is 0 Å². The SMILES string of the molecule is Cl.Fc1ccc([C@H](C2CCCCC2)N2CCNCC2)c(Br)c1. The molecule has 22 heavy (non-hydrogen) atoms. The van der Waals surface area contributed by atoms with Crippen LogP contribution in [-0.2, 0) is 0 Å². The molecule has 2 fully saturated rings. The average Bonchev–Trinajstić information content (AvgIpc) is 2.52. The van der Waals surface area contributed by atoms with E-state index in [1.807, 2.05) is 6.07 Å². The predicted octanol–water partition coefficient (Wildman–Crippen LogP) is 4.54. The molecule has 0 aromatic heterocycles. The minimum absolute atomic E-state index is 0. The van der Waals surface area contributed by atoms with Gasteiger partial charge in [0, 0.05) is 36.7 Å². The number of nitrogens with zero attached hydrogens (tertiary/aromatic N) is 1. The molecule has 3 rings (SSSR count). The van der Waals surface area contributed by atoms with Crippen molar-refractivity contribution in [1.29, 1.82) is 0 Å². The number of hydrogen-bond donors (Lipinski definition) is 1. The third kappa shape index (κ3) is 4.22. The Morgan fingerprint density at radius 3 is 2.45 bits per heavy atom. The summed E-state index contributed by atoms with van der Waals surface area (Å²) in [7, 11) is 0. The number of hydrogen-bond acceptors (Lipinski definition) is 2. The first-order valence-corrected chi connectivity index (χ1v) is 8.95. The minimum atomic E-state index is -0.159. The smallest absolute Gasteiger partial charge is 0.124 e. The highest BCUT2D eigenvalue weighted by molar-refractivity contribution is 9.10. The van der Waals surface area contributed by atoms with Gasteiger partial charge in [0.2, 0.25) is 0 Å². The van der Waals surface area contributed by atoms with Crippen LogP contribution < -0.4 is 5.32 Å². The van der Waals surface area contributed by atoms with E-state index < -0.39 is 0 Å². The van der Waals surface area contributed by atoms with Crippen LogP contribution in [0, 0.1) is 11.7 Å². The minimum Gasteiger partial charge on any atom is -0.314 e. The third-order valence-electron chi connectivity index (χ3n) is 4.92. The van der Waals surface area contributed by atoms with Gasteiger partial charge in [-0.1, -0.05) is 41.3 Å². The molecular formula is C17H25BrClFN2. The second kappa shape index (κ2) is 8.62. The molecule has 0 spiro atoms. The van der Waals surface area contributed by atoms with Crippen LogP contribution in [0.15, 0.2) is 22.7 Å². The first kappa shape index (κ1) is 18.2. The van der Waals surface area contributed by atoms with Crippen LogP contribution in [0.25, 0.3) is 0 Å². The van der Waals surface area contributed by atoms with Gasteiger partial charge in [0.15, 0.2) is 0 Å². The normalized spacial score (nSPS) is 22.1. The van der Waals surface area contributed by atoms with Crippen molar-refractivity contribution in [2.45, 2.75) is 38.1 Å². The summed E-state index contributed by atoms with van der Waals surface area (Å²) in [6, 6.07) is 5.65. The lowest BCUT2D eigenvalue weighted by molar-refractivity contribution is 0.103. The van der Waals surface area contributed by atoms with E-state index in [1.165, 1.54) is 37.7 Å². The first-order valence-electron chi connectivity index (χ1n) is 8.15. The van der Waals surface area contributed by atoms with Crippen LogP contribution in [-0.4, -0.2) is 31.1 Å². The zero-order valence-corrected chi connectivity index (χ0v) is 15.3. The molecule has 2 aliphatic rings. The van der Waals surface area contributed by atoms with Crippen molar-refractivity contribution in [2.75, 3.05) is 26.2 Å². The van der Waals surface area contributed by atoms with Crippen LogP contribution in [0.5, 0.6) is 0 Å². The van der Waals surface area contributed by atoms with Crippen LogP contribution in [0.2, 0.25) is 0 Å². The molecule has 5 heteroatoms. The van der Waals surface area contributed by atoms with E-state index in [9.17, 15) is 4.39 Å². The van der Waals surface area contributed by atoms with E-state index in [4.69, 9.17) is 0 Å². The molecule has 0 radical (unpaired) electrons. The molecule has 0 unspecified atom stereocenters. The maximum absolute atomic E-state index is 13.4. The Bertz CT molecular complexity index is 456. The van der Waals surface area contributed by atoms with Crippen molar-refractivity contribution >= 4 is 28.3 Å². The summed E-state index contributed by atoms with van der Waals surface area (Å²) in [6.45, 7) is 4.29. The van der Waals surface area contributed by atoms with Gasteiger partial charge < -0.3 is 5.32 Å². The van der Waals surface area contributed by atoms with Crippen molar-refractivity contribution in [3.05, 3.63) is 34.1 Å². The van der Waals surface area contributed by atoms with Crippen LogP contribution >= 0.6 is 28.3 Å². The summed E-state index contributed by atoms with van der Waals surface area (Å²) < 4.78 is 14.4. The molecule has 1 aliphatic heterocycles. The summed E-state index contributed by atoms with van der Waals surface area (Å²) >= 11 is 3.60. The molecule has 1 heterocycles. The van der Waals surface area contributed by atoms with Crippen LogP contribution in [0.3, 0.4) is 0 Å². The molecule has 1 N–H and O–H groups in total. The number of piperazine rings is 1. The van der Waals surface area contributed by atoms with Gasteiger partial charge in [0.1, 0.15) is 5.82 Å². The quantitative estimate of drug-likeness (QED) is 0.814. The lowest BCUT2D eigenvalue weighted by atomic mass is 9.80. The largest absolute Gasteiger partial charge is 0.314 e. The van der Waals surface area contributed by atoms with Gasteiger partial charge in [-0.2, -0.15) is 0 Å². The molecule has 1 saturated heterocycles. The van der Waals surface area contributed by atoms with Crippen molar-refractivity contribution < 1.29 is 4.39 Å². The molecule has 124 valence electrons. The fraction of sp³-hybridized carbons (Fsp3) is 0.647. The van der Waals surface area contributed by atoms with Crippen LogP contribution in [0.1, 0.15) is 43.7 Å². The summed E-state index contributed by atoms with van der Waals surface area (Å²) in [4.78, 5) is 2.60. The lowest BCUT2D eigenvalue weighted by Gasteiger charge is -2.41. The van der Waals surface area contributed by atoms with Crippen molar-refractivity contribution in [1.82, 2.24) is 10.2 Å². The van der Waals surface area contributed by atoms with Gasteiger partial charge in [-0.15, -0.1) is 12.4 Å². The Morgan fingerprint density at radius 2 is 1.82 bits per heavy atom. The third-order valence-corrected chi connectivity index (χ3v) is 5.61. The Balaban J connectivity index is 0.00000176. The maximum atomic E-state index is 13.4. The predicted molar refractivity (Wildman–Crippen MR) is 95.1 cm³/mol. The lowest BCUT2D eigenvalue weighted by Crippen LogP contribution is -2.47. The molecule has 1 aromatic rings. The molecule has 1 aromatic carbocycles. The Kier molecular flexibility index (Phi) is 7.13. The molecule has 1 saturated carbocycles. The topological polar surface area (TPSA) is 15.3 Å². The Morgan fingerprint density at radius 1 is 1.14 bits per heavy atom. The van der Waals surface area contributed by atoms with E-state index in [1.54, 1.807) is 12.1 Å². The van der Waals surface area contributed by atoms with E-state index in [-0.39, 0.29) is 18.2 Å². The summed E-state index contributed by atoms with van der Waals surface area (Å²) in [5.41, 5.74) is 1.27. The molecule has 1 aliphatic carbocycles. The summed E-state index contributed by atoms with van der Waals surface area (Å²) in [5, 5.41) is 3.43. The fourth-order valence-corrected chi connectivity index (χ4v) is 4.49. The van der Waals surface area contributed by atoms with Crippen molar-refractivity contribution in [3.8, 4) is 0 Å². The van der Waals surface area contributed by atoms with Gasteiger partial charge in [0.25, 0.3) is 0 Å². The molecule has 0 amide bonds. The highest BCUT2D eigenvalue weighted by atomic mass is 79.9. The molecule has 0 bridgehead atoms. The highest BCUT2D eigenvalue weighted by Gasteiger charge is 2.32. The van der Waals surface area contributed by atoms with Gasteiger partial charge in [-0.25, -0.2) is 4.39 Å². The number of benzene rings is 1. The highest BCUT2D eigenvalue weighted by Crippen LogP contribution is 2.41. The monoisotopic (exact) mass is 390 g/mol. The van der Waals surface area contributed by atoms with Crippen LogP contribution in [0.4, 0.5) is 4.39 Å². The Hall–Kier alpha value is -0.160. The van der Waals surface area contributed by atoms with Gasteiger partial charge in [-0.3, -0.25) is 4.90 Å². The molecular weight excluding hydrogens is 367 g/mol. The van der Waals surface area contributed by atoms with Gasteiger partial charge in [0.05, 0.1) is 0 Å². The van der Waals surface area contributed by atoms with E-state index >= 15 is 0 Å². The average molecular weight is 392 g/mol. The van der Waals surface area contributed by atoms with Gasteiger partial charge in [-0.05, 0) is 36.5 Å². The van der Waals surface area contributed by atoms with E-state index in [2.05, 4.69) is 26.1 Å². The van der Waals surface area contributed by atoms with E-state index in [0.29, 0.717) is 12.0 Å². The molecule has 1 atom stereocenters. The first-order chi connectivity index (χ1) is 10.3. The molecule has 2 nitrogen and oxygen atoms in total. The number of halogens is 3. The second-order valence-electron chi connectivity index (χ2n) is 6.29. The number of nitrogens with one attached hydrogen (secondary N) is 1. The van der Waals surface area contributed by atoms with Gasteiger partial charge >= 0.3 is 0 Å². The fourth-order valence-electron chi connectivity index (χ4n) is 3.90. The van der Waals surface area contributed by atoms with E-state index in [0.717, 1.165) is 30.7 Å². The summed E-state index contributed by atoms with van der Waals surface area (Å²) in [6.07, 6.45) is 6.66.